The number of fused-ring (bicyclic) bond motifs is 1. The molecule has 0 atom stereocenters. The molecular formula is C54H36N4. The van der Waals surface area contributed by atoms with Gasteiger partial charge in [-0.25, -0.2) is 9.97 Å². The van der Waals surface area contributed by atoms with Crippen molar-refractivity contribution in [1.82, 2.24) is 19.9 Å². The Morgan fingerprint density at radius 1 is 0.207 bits per heavy atom. The summed E-state index contributed by atoms with van der Waals surface area (Å²) < 4.78 is 0. The summed E-state index contributed by atoms with van der Waals surface area (Å²) in [4.78, 5) is 19.9. The fourth-order valence-corrected chi connectivity index (χ4v) is 7.88. The largest absolute Gasteiger partial charge is 0.265 e. The molecule has 58 heavy (non-hydrogen) atoms. The van der Waals surface area contributed by atoms with Crippen LogP contribution in [0.15, 0.2) is 219 Å². The van der Waals surface area contributed by atoms with Gasteiger partial charge in [-0.1, -0.05) is 170 Å². The molecule has 0 saturated heterocycles. The fraction of sp³-hybridized carbons (Fsp3) is 0. The fourth-order valence-electron chi connectivity index (χ4n) is 7.88. The summed E-state index contributed by atoms with van der Waals surface area (Å²) in [5.74, 6) is 0. The second kappa shape index (κ2) is 15.4. The molecule has 10 rings (SSSR count). The number of benzene rings is 7. The van der Waals surface area contributed by atoms with E-state index in [2.05, 4.69) is 180 Å². The van der Waals surface area contributed by atoms with Gasteiger partial charge in [-0.2, -0.15) is 0 Å². The first-order valence-corrected chi connectivity index (χ1v) is 19.4. The van der Waals surface area contributed by atoms with E-state index in [9.17, 15) is 0 Å². The van der Waals surface area contributed by atoms with Crippen LogP contribution in [0.25, 0.3) is 100 Å². The van der Waals surface area contributed by atoms with Crippen LogP contribution in [-0.2, 0) is 0 Å². The Morgan fingerprint density at radius 3 is 0.897 bits per heavy atom. The van der Waals surface area contributed by atoms with Gasteiger partial charge < -0.3 is 0 Å². The van der Waals surface area contributed by atoms with Gasteiger partial charge in [-0.05, 0) is 79.9 Å². The highest BCUT2D eigenvalue weighted by Crippen LogP contribution is 2.43. The zero-order chi connectivity index (χ0) is 38.7. The SMILES string of the molecule is c1ccc(-c2ccccc2-c2ccc(-c3ccccc3-c3ccccc3)c3nc(-c4ccc(-c5ccncc5)cc4)c(-c4ccc(-c5ccncc5)cc4)nc23)cc1. The lowest BCUT2D eigenvalue weighted by molar-refractivity contribution is 1.29. The Kier molecular flexibility index (Phi) is 9.18. The van der Waals surface area contributed by atoms with Crippen LogP contribution < -0.4 is 0 Å². The average Bonchev–Trinajstić information content (AvgIpc) is 3.32. The molecule has 272 valence electrons. The zero-order valence-electron chi connectivity index (χ0n) is 31.6. The van der Waals surface area contributed by atoms with Crippen LogP contribution >= 0.6 is 0 Å². The van der Waals surface area contributed by atoms with Crippen LogP contribution in [0.2, 0.25) is 0 Å². The predicted octanol–water partition coefficient (Wildman–Crippen LogP) is 13.8. The van der Waals surface area contributed by atoms with Crippen molar-refractivity contribution < 1.29 is 0 Å². The van der Waals surface area contributed by atoms with Crippen molar-refractivity contribution in [3.63, 3.8) is 0 Å². The first kappa shape index (κ1) is 34.7. The van der Waals surface area contributed by atoms with Crippen molar-refractivity contribution in [3.05, 3.63) is 219 Å². The molecule has 3 aromatic heterocycles. The molecular weight excluding hydrogens is 705 g/mol. The normalized spacial score (nSPS) is 11.1. The molecule has 7 aromatic carbocycles. The van der Waals surface area contributed by atoms with Crippen molar-refractivity contribution >= 4 is 11.0 Å². The molecule has 0 aliphatic carbocycles. The van der Waals surface area contributed by atoms with E-state index in [-0.39, 0.29) is 0 Å². The third kappa shape index (κ3) is 6.63. The molecule has 4 heteroatoms. The third-order valence-electron chi connectivity index (χ3n) is 10.8. The Bertz CT molecular complexity index is 2790. The Hall–Kier alpha value is -7.82. The average molecular weight is 741 g/mol. The first-order chi connectivity index (χ1) is 28.8. The summed E-state index contributed by atoms with van der Waals surface area (Å²) >= 11 is 0. The molecule has 0 unspecified atom stereocenters. The van der Waals surface area contributed by atoms with E-state index in [1.165, 1.54) is 0 Å². The molecule has 4 nitrogen and oxygen atoms in total. The minimum Gasteiger partial charge on any atom is -0.265 e. The van der Waals surface area contributed by atoms with Gasteiger partial charge >= 0.3 is 0 Å². The van der Waals surface area contributed by atoms with Gasteiger partial charge in [0.15, 0.2) is 0 Å². The van der Waals surface area contributed by atoms with Gasteiger partial charge in [0.05, 0.1) is 22.4 Å². The Balaban J connectivity index is 1.26. The minimum atomic E-state index is 0.817. The standard InChI is InChI=1S/C54H36N4/c1-3-11-41(12-4-1)45-15-7-9-17-47(45)49-27-28-50(48-18-10-8-16-46(48)42-13-5-2-6-14-42)54-53(49)57-51(43-23-19-37(20-24-43)39-29-33-55-34-30-39)52(58-54)44-25-21-38(22-26-44)40-31-35-56-36-32-40/h1-36H. The number of rotatable bonds is 8. The van der Waals surface area contributed by atoms with Crippen molar-refractivity contribution in [2.45, 2.75) is 0 Å². The molecule has 3 heterocycles. The van der Waals surface area contributed by atoms with E-state index in [1.807, 2.05) is 49.1 Å². The second-order valence-corrected chi connectivity index (χ2v) is 14.2. The van der Waals surface area contributed by atoms with E-state index in [0.717, 1.165) is 100 Å². The summed E-state index contributed by atoms with van der Waals surface area (Å²) in [6, 6.07) is 68.2. The molecule has 0 aliphatic rings. The van der Waals surface area contributed by atoms with Gasteiger partial charge in [0.1, 0.15) is 0 Å². The Morgan fingerprint density at radius 2 is 0.517 bits per heavy atom. The molecule has 0 spiro atoms. The van der Waals surface area contributed by atoms with E-state index >= 15 is 0 Å². The quantitative estimate of drug-likeness (QED) is 0.156. The molecule has 0 fully saturated rings. The van der Waals surface area contributed by atoms with Crippen molar-refractivity contribution in [3.8, 4) is 89.3 Å². The summed E-state index contributed by atoms with van der Waals surface area (Å²) in [5.41, 5.74) is 18.6. The second-order valence-electron chi connectivity index (χ2n) is 14.2. The molecule has 0 bridgehead atoms. The molecule has 0 saturated carbocycles. The summed E-state index contributed by atoms with van der Waals surface area (Å²) in [6.45, 7) is 0. The zero-order valence-corrected chi connectivity index (χ0v) is 31.6. The van der Waals surface area contributed by atoms with E-state index in [1.54, 1.807) is 0 Å². The number of aromatic nitrogens is 4. The smallest absolute Gasteiger partial charge is 0.0979 e. The maximum atomic E-state index is 5.72. The van der Waals surface area contributed by atoms with Crippen LogP contribution in [0, 0.1) is 0 Å². The van der Waals surface area contributed by atoms with Gasteiger partial charge in [0, 0.05) is 47.0 Å². The lowest BCUT2D eigenvalue weighted by atomic mass is 9.89. The molecule has 0 aliphatic heterocycles. The topological polar surface area (TPSA) is 51.6 Å². The minimum absolute atomic E-state index is 0.817. The van der Waals surface area contributed by atoms with Gasteiger partial charge in [0.2, 0.25) is 0 Å². The molecule has 10 aromatic rings. The number of hydrogen-bond donors (Lipinski definition) is 0. The summed E-state index contributed by atoms with van der Waals surface area (Å²) in [5, 5.41) is 0. The lowest BCUT2D eigenvalue weighted by Gasteiger charge is -2.19. The molecule has 0 radical (unpaired) electrons. The highest BCUT2D eigenvalue weighted by molar-refractivity contribution is 6.06. The van der Waals surface area contributed by atoms with Crippen LogP contribution in [0.3, 0.4) is 0 Å². The van der Waals surface area contributed by atoms with Crippen LogP contribution in [0.1, 0.15) is 0 Å². The van der Waals surface area contributed by atoms with Crippen LogP contribution in [0.4, 0.5) is 0 Å². The molecule has 0 amide bonds. The van der Waals surface area contributed by atoms with Crippen molar-refractivity contribution in [2.24, 2.45) is 0 Å². The number of nitrogens with zero attached hydrogens (tertiary/aromatic N) is 4. The highest BCUT2D eigenvalue weighted by Gasteiger charge is 2.22. The van der Waals surface area contributed by atoms with E-state index in [0.29, 0.717) is 0 Å². The highest BCUT2D eigenvalue weighted by atomic mass is 14.8. The van der Waals surface area contributed by atoms with Crippen molar-refractivity contribution in [1.29, 1.82) is 0 Å². The van der Waals surface area contributed by atoms with Crippen LogP contribution in [-0.4, -0.2) is 19.9 Å². The summed E-state index contributed by atoms with van der Waals surface area (Å²) in [6.07, 6.45) is 7.31. The monoisotopic (exact) mass is 740 g/mol. The van der Waals surface area contributed by atoms with E-state index in [4.69, 9.17) is 9.97 Å². The maximum Gasteiger partial charge on any atom is 0.0979 e. The molecule has 0 N–H and O–H groups in total. The first-order valence-electron chi connectivity index (χ1n) is 19.4. The van der Waals surface area contributed by atoms with Crippen LogP contribution in [0.5, 0.6) is 0 Å². The van der Waals surface area contributed by atoms with Crippen molar-refractivity contribution in [2.75, 3.05) is 0 Å². The van der Waals surface area contributed by atoms with Gasteiger partial charge in [0.25, 0.3) is 0 Å². The Labute approximate surface area is 337 Å². The third-order valence-corrected chi connectivity index (χ3v) is 10.8. The maximum absolute atomic E-state index is 5.72. The lowest BCUT2D eigenvalue weighted by Crippen LogP contribution is -2.00. The summed E-state index contributed by atoms with van der Waals surface area (Å²) in [7, 11) is 0. The van der Waals surface area contributed by atoms with Gasteiger partial charge in [-0.3, -0.25) is 9.97 Å². The van der Waals surface area contributed by atoms with E-state index < -0.39 is 0 Å². The van der Waals surface area contributed by atoms with Gasteiger partial charge in [-0.15, -0.1) is 0 Å². The number of pyridine rings is 2. The number of hydrogen-bond acceptors (Lipinski definition) is 4. The predicted molar refractivity (Wildman–Crippen MR) is 239 cm³/mol.